The van der Waals surface area contributed by atoms with Crippen molar-refractivity contribution in [1.29, 1.82) is 0 Å². The third-order valence-electron chi connectivity index (χ3n) is 5.04. The van der Waals surface area contributed by atoms with Gasteiger partial charge in [0.05, 0.1) is 12.1 Å². The van der Waals surface area contributed by atoms with Gasteiger partial charge in [0.15, 0.2) is 0 Å². The Balaban J connectivity index is 1.60. The average molecular weight is 541 g/mol. The number of nitrogens with zero attached hydrogens (tertiary/aromatic N) is 2. The molecule has 3 amide bonds. The highest BCUT2D eigenvalue weighted by Gasteiger charge is 2.45. The zero-order valence-corrected chi connectivity index (χ0v) is 20.0. The summed E-state index contributed by atoms with van der Waals surface area (Å²) in [7, 11) is 0. The van der Waals surface area contributed by atoms with Gasteiger partial charge in [-0.3, -0.25) is 24.7 Å². The normalized spacial score (nSPS) is 15.4. The van der Waals surface area contributed by atoms with Crippen LogP contribution >= 0.6 is 28.1 Å². The number of nitrogens with one attached hydrogen (secondary N) is 2. The molecule has 1 fully saturated rings. The zero-order chi connectivity index (χ0) is 24.2. The number of halogens is 2. The molecule has 0 spiro atoms. The summed E-state index contributed by atoms with van der Waals surface area (Å²) in [4.78, 5) is 40.1. The maximum Gasteiger partial charge on any atom is 0.269 e. The molecule has 0 bridgehead atoms. The zero-order valence-electron chi connectivity index (χ0n) is 17.6. The van der Waals surface area contributed by atoms with Gasteiger partial charge in [0.1, 0.15) is 11.9 Å². The van der Waals surface area contributed by atoms with Crippen LogP contribution in [0.4, 0.5) is 15.8 Å². The van der Waals surface area contributed by atoms with Crippen molar-refractivity contribution in [2.45, 2.75) is 12.5 Å². The van der Waals surface area contributed by atoms with Gasteiger partial charge in [-0.2, -0.15) is 0 Å². The second-order valence-corrected chi connectivity index (χ2v) is 8.67. The Hall–Kier alpha value is -3.63. The summed E-state index contributed by atoms with van der Waals surface area (Å²) in [5, 5.41) is 3.92. The van der Waals surface area contributed by atoms with Gasteiger partial charge < -0.3 is 5.32 Å². The van der Waals surface area contributed by atoms with Crippen molar-refractivity contribution >= 4 is 62.4 Å². The number of hydrogen-bond donors (Lipinski definition) is 2. The van der Waals surface area contributed by atoms with Crippen molar-refractivity contribution in [3.63, 3.8) is 0 Å². The van der Waals surface area contributed by atoms with Crippen LogP contribution in [-0.4, -0.2) is 33.9 Å². The van der Waals surface area contributed by atoms with E-state index in [4.69, 9.17) is 12.2 Å². The van der Waals surface area contributed by atoms with E-state index in [2.05, 4.69) is 26.7 Å². The molecule has 1 unspecified atom stereocenters. The van der Waals surface area contributed by atoms with Crippen molar-refractivity contribution in [3.8, 4) is 0 Å². The molecule has 1 heterocycles. The molecule has 2 N–H and O–H groups in total. The molecule has 10 heteroatoms. The molecule has 0 aliphatic carbocycles. The van der Waals surface area contributed by atoms with Gasteiger partial charge in [-0.05, 0) is 66.8 Å². The molecule has 1 aliphatic heterocycles. The number of thiocarbonyl (C=S) groups is 1. The van der Waals surface area contributed by atoms with Crippen LogP contribution in [0.15, 0.2) is 83.3 Å². The van der Waals surface area contributed by atoms with E-state index in [1.54, 1.807) is 48.5 Å². The molecule has 1 aliphatic rings. The van der Waals surface area contributed by atoms with E-state index < -0.39 is 29.6 Å². The second-order valence-electron chi connectivity index (χ2n) is 7.39. The average Bonchev–Trinajstić information content (AvgIpc) is 3.04. The van der Waals surface area contributed by atoms with Crippen LogP contribution < -0.4 is 15.6 Å². The van der Waals surface area contributed by atoms with Gasteiger partial charge >= 0.3 is 0 Å². The van der Waals surface area contributed by atoms with Gasteiger partial charge in [-0.15, -0.1) is 0 Å². The van der Waals surface area contributed by atoms with Gasteiger partial charge in [-0.1, -0.05) is 40.2 Å². The largest absolute Gasteiger partial charge is 0.326 e. The number of amides is 3. The smallest absolute Gasteiger partial charge is 0.269 e. The Morgan fingerprint density at radius 1 is 1.00 bits per heavy atom. The van der Waals surface area contributed by atoms with E-state index in [1.807, 2.05) is 6.07 Å². The van der Waals surface area contributed by atoms with E-state index >= 15 is 0 Å². The van der Waals surface area contributed by atoms with Crippen molar-refractivity contribution in [3.05, 3.63) is 94.7 Å². The fraction of sp³-hybridized carbons (Fsp3) is 0.0833. The minimum absolute atomic E-state index is 0.0267. The first-order chi connectivity index (χ1) is 16.3. The number of hydrogen-bond acceptors (Lipinski definition) is 4. The lowest BCUT2D eigenvalue weighted by Gasteiger charge is -2.24. The summed E-state index contributed by atoms with van der Waals surface area (Å²) in [6, 6.07) is 19.5. The van der Waals surface area contributed by atoms with Crippen molar-refractivity contribution in [2.75, 3.05) is 10.2 Å². The highest BCUT2D eigenvalue weighted by molar-refractivity contribution is 9.10. The number of hydrazine groups is 1. The first-order valence-corrected chi connectivity index (χ1v) is 11.4. The first-order valence-electron chi connectivity index (χ1n) is 10.2. The Bertz CT molecular complexity index is 1260. The molecule has 1 saturated heterocycles. The van der Waals surface area contributed by atoms with Crippen molar-refractivity contribution < 1.29 is 18.8 Å². The van der Waals surface area contributed by atoms with Crippen LogP contribution in [0.1, 0.15) is 16.8 Å². The molecular formula is C24H18BrFN4O3S. The van der Waals surface area contributed by atoms with Gasteiger partial charge in [0.2, 0.25) is 11.0 Å². The molecular weight excluding hydrogens is 523 g/mol. The number of rotatable bonds is 6. The molecule has 4 rings (SSSR count). The van der Waals surface area contributed by atoms with E-state index in [1.165, 1.54) is 34.2 Å². The van der Waals surface area contributed by atoms with Crippen LogP contribution in [0.25, 0.3) is 0 Å². The number of carbonyl (C=O) groups excluding carboxylic acids is 3. The SMILES string of the molecule is O=C(CC1C(=O)N(c2ccc(F)cc2)C(=S)N1NC(=O)c1ccccc1)Nc1cccc(Br)c1. The molecule has 3 aromatic rings. The second kappa shape index (κ2) is 10.1. The standard InChI is InChI=1S/C24H18BrFN4O3S/c25-16-7-4-8-18(13-16)27-21(31)14-20-23(33)29(19-11-9-17(26)10-12-19)24(34)30(20)28-22(32)15-5-2-1-3-6-15/h1-13,20H,14H2,(H,27,31)(H,28,32). The fourth-order valence-electron chi connectivity index (χ4n) is 3.44. The maximum absolute atomic E-state index is 13.4. The van der Waals surface area contributed by atoms with Crippen LogP contribution in [0.2, 0.25) is 0 Å². The van der Waals surface area contributed by atoms with Crippen LogP contribution in [0, 0.1) is 5.82 Å². The van der Waals surface area contributed by atoms with Crippen molar-refractivity contribution in [2.24, 2.45) is 0 Å². The fourth-order valence-corrected chi connectivity index (χ4v) is 4.21. The summed E-state index contributed by atoms with van der Waals surface area (Å²) in [6.07, 6.45) is -0.280. The van der Waals surface area contributed by atoms with Crippen LogP contribution in [0.3, 0.4) is 0 Å². The lowest BCUT2D eigenvalue weighted by atomic mass is 10.1. The van der Waals surface area contributed by atoms with Gasteiger partial charge in [0, 0.05) is 15.7 Å². The molecule has 7 nitrogen and oxygen atoms in total. The first kappa shape index (κ1) is 23.5. The van der Waals surface area contributed by atoms with Crippen LogP contribution in [0.5, 0.6) is 0 Å². The monoisotopic (exact) mass is 540 g/mol. The molecule has 3 aromatic carbocycles. The maximum atomic E-state index is 13.4. The summed E-state index contributed by atoms with van der Waals surface area (Å²) >= 11 is 8.83. The highest BCUT2D eigenvalue weighted by atomic mass is 79.9. The van der Waals surface area contributed by atoms with Gasteiger partial charge in [0.25, 0.3) is 11.8 Å². The molecule has 34 heavy (non-hydrogen) atoms. The van der Waals surface area contributed by atoms with Crippen molar-refractivity contribution in [1.82, 2.24) is 10.4 Å². The third kappa shape index (κ3) is 5.13. The molecule has 1 atom stereocenters. The molecule has 0 saturated carbocycles. The molecule has 0 radical (unpaired) electrons. The van der Waals surface area contributed by atoms with E-state index in [-0.39, 0.29) is 11.5 Å². The highest BCUT2D eigenvalue weighted by Crippen LogP contribution is 2.27. The number of anilines is 2. The molecule has 172 valence electrons. The Morgan fingerprint density at radius 2 is 1.71 bits per heavy atom. The number of carbonyl (C=O) groups is 3. The Morgan fingerprint density at radius 3 is 2.38 bits per heavy atom. The summed E-state index contributed by atoms with van der Waals surface area (Å²) < 4.78 is 14.2. The van der Waals surface area contributed by atoms with E-state index in [9.17, 15) is 18.8 Å². The van der Waals surface area contributed by atoms with E-state index in [0.29, 0.717) is 16.9 Å². The Labute approximate surface area is 208 Å². The van der Waals surface area contributed by atoms with Crippen LogP contribution in [-0.2, 0) is 9.59 Å². The quantitative estimate of drug-likeness (QED) is 0.456. The number of benzene rings is 3. The van der Waals surface area contributed by atoms with Gasteiger partial charge in [-0.25, -0.2) is 9.40 Å². The topological polar surface area (TPSA) is 81.8 Å². The van der Waals surface area contributed by atoms with E-state index in [0.717, 1.165) is 4.47 Å². The summed E-state index contributed by atoms with van der Waals surface area (Å²) in [5.74, 6) is -1.93. The molecule has 0 aromatic heterocycles. The minimum Gasteiger partial charge on any atom is -0.326 e. The predicted octanol–water partition coefficient (Wildman–Crippen LogP) is 4.26. The lowest BCUT2D eigenvalue weighted by molar-refractivity contribution is -0.124. The lowest BCUT2D eigenvalue weighted by Crippen LogP contribution is -2.49. The summed E-state index contributed by atoms with van der Waals surface area (Å²) in [5.41, 5.74) is 3.87. The Kier molecular flexibility index (Phi) is 6.99. The summed E-state index contributed by atoms with van der Waals surface area (Å²) in [6.45, 7) is 0. The predicted molar refractivity (Wildman–Crippen MR) is 133 cm³/mol. The third-order valence-corrected chi connectivity index (χ3v) is 5.92. The minimum atomic E-state index is -1.10.